The lowest BCUT2D eigenvalue weighted by molar-refractivity contribution is -0.131. The van der Waals surface area contributed by atoms with Crippen LogP contribution in [0.25, 0.3) is 0 Å². The van der Waals surface area contributed by atoms with E-state index in [0.29, 0.717) is 12.1 Å². The number of nitrogens with zero attached hydrogens (tertiary/aromatic N) is 4. The first kappa shape index (κ1) is 24.3. The Labute approximate surface area is 203 Å². The van der Waals surface area contributed by atoms with Gasteiger partial charge in [0.2, 0.25) is 5.91 Å². The van der Waals surface area contributed by atoms with E-state index in [1.54, 1.807) is 0 Å². The largest absolute Gasteiger partial charge is 0.340 e. The fourth-order valence-corrected chi connectivity index (χ4v) is 3.92. The number of alkyl halides is 1. The molecule has 4 rings (SSSR count). The van der Waals surface area contributed by atoms with Crippen LogP contribution in [0.3, 0.4) is 0 Å². The molecule has 0 saturated carbocycles. The van der Waals surface area contributed by atoms with Crippen molar-refractivity contribution in [3.05, 3.63) is 76.2 Å². The number of piperidine rings is 1. The second-order valence-corrected chi connectivity index (χ2v) is 8.30. The van der Waals surface area contributed by atoms with Gasteiger partial charge in [0.05, 0.1) is 23.8 Å². The van der Waals surface area contributed by atoms with Gasteiger partial charge in [-0.2, -0.15) is 5.10 Å². The molecule has 1 aliphatic heterocycles. The Hall–Kier alpha value is -3.84. The fraction of sp³-hybridized carbons (Fsp3) is 0.250. The zero-order valence-corrected chi connectivity index (χ0v) is 19.2. The van der Waals surface area contributed by atoms with Gasteiger partial charge in [0, 0.05) is 30.8 Å². The van der Waals surface area contributed by atoms with Gasteiger partial charge in [0.1, 0.15) is 17.7 Å². The quantitative estimate of drug-likeness (QED) is 0.550. The molecular formula is C24H19ClF3N5O2. The number of pyridine rings is 1. The highest BCUT2D eigenvalue weighted by atomic mass is 35.5. The van der Waals surface area contributed by atoms with E-state index in [4.69, 9.17) is 11.6 Å². The van der Waals surface area contributed by atoms with E-state index in [-0.39, 0.29) is 41.0 Å². The third-order valence-corrected chi connectivity index (χ3v) is 5.78. The Kier molecular flexibility index (Phi) is 7.07. The van der Waals surface area contributed by atoms with E-state index in [9.17, 15) is 22.8 Å². The molecule has 11 heteroatoms. The maximum absolute atomic E-state index is 14.8. The van der Waals surface area contributed by atoms with Gasteiger partial charge in [-0.05, 0) is 36.8 Å². The molecule has 0 aliphatic carbocycles. The third-order valence-electron chi connectivity index (χ3n) is 5.50. The number of halogens is 4. The molecule has 1 N–H and O–H groups in total. The lowest BCUT2D eigenvalue weighted by Gasteiger charge is -2.34. The van der Waals surface area contributed by atoms with Crippen molar-refractivity contribution in [3.8, 4) is 11.8 Å². The van der Waals surface area contributed by atoms with Crippen molar-refractivity contribution in [1.82, 2.24) is 19.7 Å². The number of carbonyl (C=O) groups is 2. The molecule has 1 aliphatic rings. The van der Waals surface area contributed by atoms with Crippen molar-refractivity contribution < 1.29 is 22.8 Å². The molecule has 1 saturated heterocycles. The fourth-order valence-electron chi connectivity index (χ4n) is 3.70. The highest BCUT2D eigenvalue weighted by molar-refractivity contribution is 6.34. The van der Waals surface area contributed by atoms with Crippen molar-refractivity contribution in [3.63, 3.8) is 0 Å². The molecule has 7 nitrogen and oxygen atoms in total. The summed E-state index contributed by atoms with van der Waals surface area (Å²) in [6.45, 7) is 1.53. The number of nitrogens with one attached hydrogen (secondary N) is 1. The van der Waals surface area contributed by atoms with E-state index in [0.717, 1.165) is 6.07 Å². The van der Waals surface area contributed by atoms with Crippen molar-refractivity contribution in [2.75, 3.05) is 18.4 Å². The Morgan fingerprint density at radius 2 is 1.86 bits per heavy atom. The van der Waals surface area contributed by atoms with E-state index < -0.39 is 29.8 Å². The topological polar surface area (TPSA) is 80.1 Å². The van der Waals surface area contributed by atoms with Crippen LogP contribution in [0.5, 0.6) is 0 Å². The minimum Gasteiger partial charge on any atom is -0.340 e. The lowest BCUT2D eigenvalue weighted by atomic mass is 10.0. The SMILES string of the molecule is CC(=O)N1CC[C@H](n2ncc(Cl)c2C(=O)Nc2ncc(C#Cc3ccc(F)cc3)cc2F)[C@H](F)C1. The summed E-state index contributed by atoms with van der Waals surface area (Å²) in [7, 11) is 0. The monoisotopic (exact) mass is 501 g/mol. The predicted octanol–water partition coefficient (Wildman–Crippen LogP) is 3.99. The number of aromatic nitrogens is 3. The van der Waals surface area contributed by atoms with Crippen LogP contribution in [0, 0.1) is 23.5 Å². The zero-order chi connectivity index (χ0) is 25.1. The second-order valence-electron chi connectivity index (χ2n) is 7.89. The first-order valence-electron chi connectivity index (χ1n) is 10.6. The van der Waals surface area contributed by atoms with E-state index in [2.05, 4.69) is 27.2 Å². The first-order chi connectivity index (χ1) is 16.7. The molecule has 0 bridgehead atoms. The molecule has 2 atom stereocenters. The summed E-state index contributed by atoms with van der Waals surface area (Å²) in [5.41, 5.74) is 0.634. The van der Waals surface area contributed by atoms with E-state index in [1.807, 2.05) is 0 Å². The summed E-state index contributed by atoms with van der Waals surface area (Å²) in [6.07, 6.45) is 1.23. The number of rotatable bonds is 3. The molecule has 2 aromatic heterocycles. The van der Waals surface area contributed by atoms with Crippen LogP contribution in [-0.4, -0.2) is 50.7 Å². The summed E-state index contributed by atoms with van der Waals surface area (Å²) < 4.78 is 43.6. The summed E-state index contributed by atoms with van der Waals surface area (Å²) in [5, 5.41) is 6.34. The molecule has 0 unspecified atom stereocenters. The van der Waals surface area contributed by atoms with Crippen LogP contribution in [0.2, 0.25) is 5.02 Å². The number of hydrogen-bond donors (Lipinski definition) is 1. The number of carbonyl (C=O) groups excluding carboxylic acids is 2. The highest BCUT2D eigenvalue weighted by Gasteiger charge is 2.35. The molecule has 3 aromatic rings. The molecule has 0 radical (unpaired) electrons. The van der Waals surface area contributed by atoms with Crippen molar-refractivity contribution in [2.24, 2.45) is 0 Å². The molecule has 3 heterocycles. The van der Waals surface area contributed by atoms with Crippen molar-refractivity contribution in [2.45, 2.75) is 25.6 Å². The molecule has 1 aromatic carbocycles. The van der Waals surface area contributed by atoms with Gasteiger partial charge in [0.25, 0.3) is 5.91 Å². The van der Waals surface area contributed by atoms with Gasteiger partial charge < -0.3 is 10.2 Å². The molecular weight excluding hydrogens is 483 g/mol. The van der Waals surface area contributed by atoms with Gasteiger partial charge in [-0.3, -0.25) is 14.3 Å². The number of anilines is 1. The Morgan fingerprint density at radius 1 is 1.14 bits per heavy atom. The van der Waals surface area contributed by atoms with E-state index in [1.165, 1.54) is 53.2 Å². The van der Waals surface area contributed by atoms with Crippen LogP contribution in [0.4, 0.5) is 19.0 Å². The minimum atomic E-state index is -1.47. The highest BCUT2D eigenvalue weighted by Crippen LogP contribution is 2.29. The van der Waals surface area contributed by atoms with Crippen LogP contribution in [0.15, 0.2) is 42.7 Å². The molecule has 35 heavy (non-hydrogen) atoms. The summed E-state index contributed by atoms with van der Waals surface area (Å²) >= 11 is 6.14. The Morgan fingerprint density at radius 3 is 2.51 bits per heavy atom. The number of likely N-dealkylation sites (tertiary alicyclic amines) is 1. The Bertz CT molecular complexity index is 1330. The van der Waals surface area contributed by atoms with Gasteiger partial charge in [-0.25, -0.2) is 18.2 Å². The molecule has 180 valence electrons. The number of amides is 2. The smallest absolute Gasteiger partial charge is 0.276 e. The third kappa shape index (κ3) is 5.46. The Balaban J connectivity index is 1.50. The van der Waals surface area contributed by atoms with Crippen LogP contribution in [0.1, 0.15) is 41.0 Å². The maximum atomic E-state index is 14.8. The number of hydrogen-bond acceptors (Lipinski definition) is 4. The standard InChI is InChI=1S/C24H19ClF3N5O2/c1-14(34)32-9-8-21(20(28)13-32)33-22(18(25)12-30-33)24(35)31-23-19(27)10-16(11-29-23)3-2-15-4-6-17(26)7-5-15/h4-7,10-12,20-21H,8-9,13H2,1H3,(H,29,31,35)/t20-,21+/m1/s1. The summed E-state index contributed by atoms with van der Waals surface area (Å²) in [6, 6.07) is 5.76. The second kappa shape index (κ2) is 10.2. The number of benzene rings is 1. The average molecular weight is 502 g/mol. The summed E-state index contributed by atoms with van der Waals surface area (Å²) in [5.74, 6) is 2.82. The minimum absolute atomic E-state index is 0.0362. The van der Waals surface area contributed by atoms with Crippen LogP contribution < -0.4 is 5.32 Å². The molecule has 0 spiro atoms. The van der Waals surface area contributed by atoms with Gasteiger partial charge in [0.15, 0.2) is 11.6 Å². The maximum Gasteiger partial charge on any atom is 0.276 e. The average Bonchev–Trinajstić information content (AvgIpc) is 3.21. The summed E-state index contributed by atoms with van der Waals surface area (Å²) in [4.78, 5) is 29.7. The van der Waals surface area contributed by atoms with Gasteiger partial charge in [-0.1, -0.05) is 23.4 Å². The van der Waals surface area contributed by atoms with Crippen molar-refractivity contribution in [1.29, 1.82) is 0 Å². The lowest BCUT2D eigenvalue weighted by Crippen LogP contribution is -2.45. The van der Waals surface area contributed by atoms with Crippen molar-refractivity contribution >= 4 is 29.2 Å². The van der Waals surface area contributed by atoms with E-state index >= 15 is 0 Å². The van der Waals surface area contributed by atoms with Crippen LogP contribution >= 0.6 is 11.6 Å². The van der Waals surface area contributed by atoms with Gasteiger partial charge in [-0.15, -0.1) is 0 Å². The molecule has 1 fully saturated rings. The normalized spacial score (nSPS) is 17.5. The zero-order valence-electron chi connectivity index (χ0n) is 18.4. The predicted molar refractivity (Wildman–Crippen MR) is 123 cm³/mol. The van der Waals surface area contributed by atoms with Gasteiger partial charge >= 0.3 is 0 Å². The van der Waals surface area contributed by atoms with Crippen LogP contribution in [-0.2, 0) is 4.79 Å². The first-order valence-corrected chi connectivity index (χ1v) is 11.0. The molecule has 2 amide bonds.